The van der Waals surface area contributed by atoms with Gasteiger partial charge in [-0.25, -0.2) is 4.79 Å². The molecular weight excluding hydrogens is 400 g/mol. The van der Waals surface area contributed by atoms with Gasteiger partial charge in [0.2, 0.25) is 0 Å². The number of imide groups is 2. The monoisotopic (exact) mass is 428 g/mol. The van der Waals surface area contributed by atoms with Crippen LogP contribution < -0.4 is 0 Å². The zero-order chi connectivity index (χ0) is 23.6. The van der Waals surface area contributed by atoms with Gasteiger partial charge < -0.3 is 0 Å². The van der Waals surface area contributed by atoms with E-state index < -0.39 is 17.8 Å². The quantitative estimate of drug-likeness (QED) is 0.275. The summed E-state index contributed by atoms with van der Waals surface area (Å²) in [4.78, 5) is 37.5. The number of likely N-dealkylation sites (N-methyl/N-ethyl adjacent to an activating group) is 2. The molecule has 0 spiro atoms. The van der Waals surface area contributed by atoms with E-state index in [9.17, 15) is 14.4 Å². The van der Waals surface area contributed by atoms with E-state index in [0.29, 0.717) is 0 Å². The first-order valence-corrected chi connectivity index (χ1v) is 9.93. The van der Waals surface area contributed by atoms with Crippen LogP contribution in [0.25, 0.3) is 0 Å². The molecule has 1 aliphatic rings. The van der Waals surface area contributed by atoms with E-state index in [-0.39, 0.29) is 5.57 Å². The number of barbiturate groups is 1. The highest BCUT2D eigenvalue weighted by molar-refractivity contribution is 6.28. The zero-order valence-electron chi connectivity index (χ0n) is 18.4. The first-order chi connectivity index (χ1) is 15.5. The van der Waals surface area contributed by atoms with Crippen molar-refractivity contribution < 1.29 is 14.4 Å². The van der Waals surface area contributed by atoms with Crippen LogP contribution in [-0.2, 0) is 9.59 Å². The minimum Gasteiger partial charge on any atom is -0.268 e. The lowest BCUT2D eigenvalue weighted by atomic mass is 10.1. The van der Waals surface area contributed by atoms with E-state index in [1.807, 2.05) is 91.1 Å². The third kappa shape index (κ3) is 9.50. The number of carbonyl (C=O) groups excluding carboxylic acids is 3. The second kappa shape index (κ2) is 15.6. The third-order valence-electron chi connectivity index (χ3n) is 3.93. The Balaban J connectivity index is 2.40. The lowest BCUT2D eigenvalue weighted by Gasteiger charge is -2.28. The summed E-state index contributed by atoms with van der Waals surface area (Å²) in [5.41, 5.74) is -0.0498. The van der Waals surface area contributed by atoms with Gasteiger partial charge in [-0.15, -0.1) is 0 Å². The summed E-state index contributed by atoms with van der Waals surface area (Å²) in [5.74, 6) is -1.21. The highest BCUT2D eigenvalue weighted by atomic mass is 16.2. The van der Waals surface area contributed by atoms with Gasteiger partial charge in [-0.2, -0.15) is 0 Å². The van der Waals surface area contributed by atoms with Gasteiger partial charge in [0, 0.05) is 14.1 Å². The normalized spacial score (nSPS) is 16.7. The van der Waals surface area contributed by atoms with Crippen molar-refractivity contribution in [3.63, 3.8) is 0 Å². The Hall–Kier alpha value is -4.25. The summed E-state index contributed by atoms with van der Waals surface area (Å²) in [6.45, 7) is 3.60. The van der Waals surface area contributed by atoms with Crippen LogP contribution >= 0.6 is 0 Å². The standard InChI is InChI=1S/C27H28N2O3/c1-4-5-6-7-8-9-10-11-12-13-14-15-16-17-18-19-20-21-22-23-24-25(30)28(2)27(32)29(3)26(24)31/h4-23H,1H2,2-3H3/b6-5+,8-7+,10-9+,12-11+,14-13+,16-15+,18-17+,20-19+,22-21+. The van der Waals surface area contributed by atoms with Crippen molar-refractivity contribution in [1.82, 2.24) is 9.80 Å². The molecule has 1 fully saturated rings. The molecule has 1 rings (SSSR count). The van der Waals surface area contributed by atoms with Crippen LogP contribution in [0.5, 0.6) is 0 Å². The number of hydrogen-bond donors (Lipinski definition) is 0. The summed E-state index contributed by atoms with van der Waals surface area (Å²) in [5, 5.41) is 0. The summed E-state index contributed by atoms with van der Waals surface area (Å²) >= 11 is 0. The van der Waals surface area contributed by atoms with Crippen LogP contribution in [0.2, 0.25) is 0 Å². The number of carbonyl (C=O) groups is 3. The molecular formula is C27H28N2O3. The van der Waals surface area contributed by atoms with Crippen LogP contribution in [0.15, 0.2) is 134 Å². The van der Waals surface area contributed by atoms with Gasteiger partial charge in [-0.1, -0.05) is 122 Å². The minimum atomic E-state index is -0.636. The molecule has 0 aromatic rings. The molecule has 0 saturated carbocycles. The third-order valence-corrected chi connectivity index (χ3v) is 3.93. The van der Waals surface area contributed by atoms with Crippen LogP contribution in [0, 0.1) is 0 Å². The molecule has 0 N–H and O–H groups in total. The molecule has 1 saturated heterocycles. The van der Waals surface area contributed by atoms with Crippen molar-refractivity contribution in [2.75, 3.05) is 14.1 Å². The fourth-order valence-corrected chi connectivity index (χ4v) is 2.25. The Morgan fingerprint density at radius 2 is 0.781 bits per heavy atom. The van der Waals surface area contributed by atoms with E-state index in [4.69, 9.17) is 0 Å². The topological polar surface area (TPSA) is 57.7 Å². The van der Waals surface area contributed by atoms with Gasteiger partial charge in [0.1, 0.15) is 5.57 Å². The molecule has 0 aromatic heterocycles. The molecule has 0 radical (unpaired) electrons. The fourth-order valence-electron chi connectivity index (χ4n) is 2.25. The zero-order valence-corrected chi connectivity index (χ0v) is 18.4. The maximum Gasteiger partial charge on any atom is 0.333 e. The molecule has 0 atom stereocenters. The predicted octanol–water partition coefficient (Wildman–Crippen LogP) is 5.16. The summed E-state index contributed by atoms with van der Waals surface area (Å²) in [6.07, 6.45) is 36.8. The molecule has 32 heavy (non-hydrogen) atoms. The van der Waals surface area contributed by atoms with Gasteiger partial charge in [0.25, 0.3) is 11.8 Å². The molecule has 0 aliphatic carbocycles. The second-order valence-electron chi connectivity index (χ2n) is 6.29. The Labute approximate surface area is 190 Å². The molecule has 5 heteroatoms. The summed E-state index contributed by atoms with van der Waals surface area (Å²) in [6, 6.07) is -0.636. The SMILES string of the molecule is C=C/C=C/C=C/C=C/C=C/C=C/C=C/C=C/C=C/C=C/C=C1C(=O)N(C)C(=O)N(C)C1=O. The molecule has 4 amide bonds. The first-order valence-electron chi connectivity index (χ1n) is 9.93. The number of rotatable bonds is 10. The van der Waals surface area contributed by atoms with E-state index >= 15 is 0 Å². The molecule has 1 heterocycles. The van der Waals surface area contributed by atoms with Gasteiger partial charge in [0.05, 0.1) is 0 Å². The van der Waals surface area contributed by atoms with Crippen molar-refractivity contribution in [1.29, 1.82) is 0 Å². The molecule has 0 aromatic carbocycles. The number of urea groups is 1. The molecule has 0 unspecified atom stereocenters. The van der Waals surface area contributed by atoms with E-state index in [1.54, 1.807) is 24.3 Å². The predicted molar refractivity (Wildman–Crippen MR) is 131 cm³/mol. The molecule has 5 nitrogen and oxygen atoms in total. The fraction of sp³-hybridized carbons (Fsp3) is 0.0741. The maximum absolute atomic E-state index is 12.0. The molecule has 1 aliphatic heterocycles. The van der Waals surface area contributed by atoms with Gasteiger partial charge in [-0.3, -0.25) is 19.4 Å². The average molecular weight is 429 g/mol. The van der Waals surface area contributed by atoms with Gasteiger partial charge in [-0.05, 0) is 6.08 Å². The van der Waals surface area contributed by atoms with Crippen molar-refractivity contribution in [3.05, 3.63) is 134 Å². The van der Waals surface area contributed by atoms with Crippen LogP contribution in [-0.4, -0.2) is 41.7 Å². The highest BCUT2D eigenvalue weighted by Crippen LogP contribution is 2.14. The van der Waals surface area contributed by atoms with Crippen molar-refractivity contribution in [3.8, 4) is 0 Å². The summed E-state index contributed by atoms with van der Waals surface area (Å²) < 4.78 is 0. The number of nitrogens with zero attached hydrogens (tertiary/aromatic N) is 2. The Morgan fingerprint density at radius 3 is 1.09 bits per heavy atom. The number of amides is 4. The average Bonchev–Trinajstić information content (AvgIpc) is 2.79. The Bertz CT molecular complexity index is 954. The largest absolute Gasteiger partial charge is 0.333 e. The lowest BCUT2D eigenvalue weighted by Crippen LogP contribution is -2.52. The lowest BCUT2D eigenvalue weighted by molar-refractivity contribution is -0.134. The minimum absolute atomic E-state index is 0.0498. The Kier molecular flexibility index (Phi) is 12.5. The smallest absolute Gasteiger partial charge is 0.268 e. The molecule has 164 valence electrons. The maximum atomic E-state index is 12.0. The van der Waals surface area contributed by atoms with Gasteiger partial charge in [0.15, 0.2) is 0 Å². The van der Waals surface area contributed by atoms with Crippen molar-refractivity contribution >= 4 is 17.8 Å². The van der Waals surface area contributed by atoms with E-state index in [0.717, 1.165) is 9.80 Å². The summed E-state index contributed by atoms with van der Waals surface area (Å²) in [7, 11) is 2.69. The van der Waals surface area contributed by atoms with Crippen LogP contribution in [0.1, 0.15) is 0 Å². The van der Waals surface area contributed by atoms with Crippen molar-refractivity contribution in [2.45, 2.75) is 0 Å². The van der Waals surface area contributed by atoms with Crippen molar-refractivity contribution in [2.24, 2.45) is 0 Å². The highest BCUT2D eigenvalue weighted by Gasteiger charge is 2.37. The first kappa shape index (κ1) is 25.8. The Morgan fingerprint density at radius 1 is 0.500 bits per heavy atom. The van der Waals surface area contributed by atoms with Crippen LogP contribution in [0.3, 0.4) is 0 Å². The molecule has 0 bridgehead atoms. The second-order valence-corrected chi connectivity index (χ2v) is 6.29. The van der Waals surface area contributed by atoms with E-state index in [1.165, 1.54) is 20.2 Å². The van der Waals surface area contributed by atoms with E-state index in [2.05, 4.69) is 6.58 Å². The number of hydrogen-bond acceptors (Lipinski definition) is 3. The van der Waals surface area contributed by atoms with Gasteiger partial charge >= 0.3 is 6.03 Å². The number of allylic oxidation sites excluding steroid dienone is 20. The van der Waals surface area contributed by atoms with Crippen LogP contribution in [0.4, 0.5) is 4.79 Å².